The summed E-state index contributed by atoms with van der Waals surface area (Å²) in [6, 6.07) is 21.7. The molecule has 0 saturated heterocycles. The Labute approximate surface area is 116 Å². The molecule has 0 spiro atoms. The van der Waals surface area contributed by atoms with Crippen molar-refractivity contribution in [1.82, 2.24) is 0 Å². The van der Waals surface area contributed by atoms with E-state index in [1.54, 1.807) is 0 Å². The van der Waals surface area contributed by atoms with Gasteiger partial charge < -0.3 is 0 Å². The van der Waals surface area contributed by atoms with Crippen LogP contribution < -0.4 is 0 Å². The Hall–Kier alpha value is -0.521. The van der Waals surface area contributed by atoms with Crippen molar-refractivity contribution in [2.75, 3.05) is 0 Å². The van der Waals surface area contributed by atoms with Crippen LogP contribution in [0.3, 0.4) is 0 Å². The molecule has 0 bridgehead atoms. The summed E-state index contributed by atoms with van der Waals surface area (Å²) < 4.78 is 1.45. The second kappa shape index (κ2) is 7.74. The van der Waals surface area contributed by atoms with Crippen LogP contribution in [-0.4, -0.2) is 29.9 Å². The van der Waals surface area contributed by atoms with Crippen molar-refractivity contribution < 1.29 is 0 Å². The topological polar surface area (TPSA) is 0 Å². The SMILES string of the molecule is c1ccc(C[Se]C[Se]Cc2ccccc2)cc1. The van der Waals surface area contributed by atoms with E-state index in [1.807, 2.05) is 0 Å². The second-order valence-corrected chi connectivity index (χ2v) is 9.77. The van der Waals surface area contributed by atoms with Crippen LogP contribution in [-0.2, 0) is 10.6 Å². The summed E-state index contributed by atoms with van der Waals surface area (Å²) >= 11 is 1.58. The Morgan fingerprint density at radius 1 is 0.588 bits per heavy atom. The van der Waals surface area contributed by atoms with Crippen LogP contribution in [0, 0.1) is 0 Å². The average Bonchev–Trinajstić information content (AvgIpc) is 2.41. The van der Waals surface area contributed by atoms with Gasteiger partial charge in [-0.3, -0.25) is 0 Å². The molecule has 0 unspecified atom stereocenters. The van der Waals surface area contributed by atoms with Gasteiger partial charge in [0.2, 0.25) is 0 Å². The monoisotopic (exact) mass is 356 g/mol. The fourth-order valence-electron chi connectivity index (χ4n) is 1.53. The van der Waals surface area contributed by atoms with Gasteiger partial charge >= 0.3 is 117 Å². The average molecular weight is 354 g/mol. The summed E-state index contributed by atoms with van der Waals surface area (Å²) in [6.07, 6.45) is 0. The van der Waals surface area contributed by atoms with E-state index in [0.717, 1.165) is 29.9 Å². The third kappa shape index (κ3) is 5.10. The molecule has 0 nitrogen and oxygen atoms in total. The van der Waals surface area contributed by atoms with Gasteiger partial charge in [0.25, 0.3) is 0 Å². The summed E-state index contributed by atoms with van der Waals surface area (Å²) in [5, 5.41) is 2.59. The molecule has 2 heteroatoms. The molecule has 0 saturated carbocycles. The van der Waals surface area contributed by atoms with Crippen molar-refractivity contribution in [2.24, 2.45) is 0 Å². The summed E-state index contributed by atoms with van der Waals surface area (Å²) in [5.41, 5.74) is 3.01. The van der Waals surface area contributed by atoms with E-state index >= 15 is 0 Å². The van der Waals surface area contributed by atoms with Gasteiger partial charge in [0.05, 0.1) is 0 Å². The molecular weight excluding hydrogens is 338 g/mol. The van der Waals surface area contributed by atoms with Crippen molar-refractivity contribution in [3.8, 4) is 0 Å². The summed E-state index contributed by atoms with van der Waals surface area (Å²) in [6.45, 7) is 0. The van der Waals surface area contributed by atoms with Crippen LogP contribution in [0.1, 0.15) is 11.1 Å². The van der Waals surface area contributed by atoms with Crippen LogP contribution in [0.2, 0.25) is 4.22 Å². The molecule has 0 N–H and O–H groups in total. The van der Waals surface area contributed by atoms with Crippen LogP contribution in [0.4, 0.5) is 0 Å². The van der Waals surface area contributed by atoms with Crippen molar-refractivity contribution >= 4 is 29.9 Å². The first kappa shape index (κ1) is 12.9. The van der Waals surface area contributed by atoms with E-state index in [4.69, 9.17) is 0 Å². The molecular formula is C15H16Se2. The Balaban J connectivity index is 1.61. The molecule has 0 heterocycles. The molecule has 2 rings (SSSR count). The van der Waals surface area contributed by atoms with E-state index in [1.165, 1.54) is 26.0 Å². The molecule has 0 amide bonds. The second-order valence-electron chi connectivity index (χ2n) is 3.79. The number of rotatable bonds is 6. The summed E-state index contributed by atoms with van der Waals surface area (Å²) in [4.78, 5) is 0. The van der Waals surface area contributed by atoms with Gasteiger partial charge in [0.1, 0.15) is 0 Å². The molecule has 0 radical (unpaired) electrons. The molecule has 0 atom stereocenters. The first-order chi connectivity index (χ1) is 8.45. The molecule has 0 aliphatic carbocycles. The number of hydrogen-bond donors (Lipinski definition) is 0. The van der Waals surface area contributed by atoms with E-state index in [2.05, 4.69) is 60.7 Å². The Kier molecular flexibility index (Phi) is 5.88. The summed E-state index contributed by atoms with van der Waals surface area (Å²) in [7, 11) is 0. The van der Waals surface area contributed by atoms with Gasteiger partial charge in [-0.25, -0.2) is 0 Å². The maximum absolute atomic E-state index is 2.24. The molecule has 0 fully saturated rings. The van der Waals surface area contributed by atoms with Gasteiger partial charge in [-0.1, -0.05) is 0 Å². The van der Waals surface area contributed by atoms with E-state index in [-0.39, 0.29) is 0 Å². The molecule has 2 aromatic carbocycles. The van der Waals surface area contributed by atoms with E-state index in [0.29, 0.717) is 0 Å². The Morgan fingerprint density at radius 3 is 1.41 bits per heavy atom. The molecule has 0 aliphatic heterocycles. The molecule has 88 valence electrons. The van der Waals surface area contributed by atoms with E-state index < -0.39 is 0 Å². The first-order valence-corrected chi connectivity index (χ1v) is 10.5. The third-order valence-electron chi connectivity index (χ3n) is 2.39. The molecule has 0 aliphatic rings. The van der Waals surface area contributed by atoms with Gasteiger partial charge in [-0.2, -0.15) is 0 Å². The standard InChI is InChI=1S/C15H16Se2/c1-3-7-14(8-4-1)11-16-13-17-12-15-9-5-2-6-10-15/h1-10H,11-13H2. The van der Waals surface area contributed by atoms with Crippen molar-refractivity contribution in [1.29, 1.82) is 0 Å². The van der Waals surface area contributed by atoms with Crippen LogP contribution in [0.5, 0.6) is 0 Å². The fraction of sp³-hybridized carbons (Fsp3) is 0.200. The predicted molar refractivity (Wildman–Crippen MR) is 76.6 cm³/mol. The quantitative estimate of drug-likeness (QED) is 0.552. The first-order valence-electron chi connectivity index (χ1n) is 5.68. The summed E-state index contributed by atoms with van der Waals surface area (Å²) in [5.74, 6) is 0. The fourth-order valence-corrected chi connectivity index (χ4v) is 7.02. The Morgan fingerprint density at radius 2 is 1.00 bits per heavy atom. The normalized spacial score (nSPS) is 10.4. The molecule has 0 aromatic heterocycles. The zero-order valence-corrected chi connectivity index (χ0v) is 13.1. The molecule has 2 aromatic rings. The minimum atomic E-state index is 0.788. The third-order valence-corrected chi connectivity index (χ3v) is 8.98. The van der Waals surface area contributed by atoms with Crippen LogP contribution >= 0.6 is 0 Å². The van der Waals surface area contributed by atoms with Crippen molar-refractivity contribution in [3.63, 3.8) is 0 Å². The number of hydrogen-bond acceptors (Lipinski definition) is 0. The zero-order valence-electron chi connectivity index (χ0n) is 9.71. The minimum absolute atomic E-state index is 0.788. The van der Waals surface area contributed by atoms with Crippen LogP contribution in [0.25, 0.3) is 0 Å². The van der Waals surface area contributed by atoms with Gasteiger partial charge in [-0.05, 0) is 0 Å². The maximum atomic E-state index is 2.24. The van der Waals surface area contributed by atoms with E-state index in [9.17, 15) is 0 Å². The Bertz CT molecular complexity index is 370. The van der Waals surface area contributed by atoms with Gasteiger partial charge in [-0.15, -0.1) is 0 Å². The predicted octanol–water partition coefficient (Wildman–Crippen LogP) is 3.17. The number of benzene rings is 2. The van der Waals surface area contributed by atoms with Gasteiger partial charge in [0.15, 0.2) is 0 Å². The van der Waals surface area contributed by atoms with Gasteiger partial charge in [0, 0.05) is 0 Å². The zero-order chi connectivity index (χ0) is 11.8. The van der Waals surface area contributed by atoms with Crippen molar-refractivity contribution in [2.45, 2.75) is 14.9 Å². The van der Waals surface area contributed by atoms with Crippen LogP contribution in [0.15, 0.2) is 60.7 Å². The molecule has 17 heavy (non-hydrogen) atoms. The van der Waals surface area contributed by atoms with Crippen molar-refractivity contribution in [3.05, 3.63) is 71.8 Å².